The van der Waals surface area contributed by atoms with Crippen molar-refractivity contribution in [3.63, 3.8) is 0 Å². The minimum atomic E-state index is -4.08. The number of carbonyl (C=O) groups excluding carboxylic acids is 2. The van der Waals surface area contributed by atoms with Crippen LogP contribution in [0.1, 0.15) is 43.0 Å². The molecule has 6 atom stereocenters. The van der Waals surface area contributed by atoms with Crippen LogP contribution >= 0.6 is 11.6 Å². The van der Waals surface area contributed by atoms with Crippen LogP contribution in [0.15, 0.2) is 35.2 Å². The largest absolute Gasteiger partial charge is 0.387 e. The Morgan fingerprint density at radius 3 is 2.46 bits per heavy atom. The van der Waals surface area contributed by atoms with Gasteiger partial charge in [-0.05, 0) is 61.6 Å². The topological polar surface area (TPSA) is 122 Å². The summed E-state index contributed by atoms with van der Waals surface area (Å²) in [6.45, 7) is 2.83. The molecular formula is C28H30ClF3N2O6S. The second-order valence-electron chi connectivity index (χ2n) is 11.3. The van der Waals surface area contributed by atoms with E-state index in [1.165, 1.54) is 12.1 Å². The fourth-order valence-electron chi connectivity index (χ4n) is 6.56. The Kier molecular flexibility index (Phi) is 8.14. The van der Waals surface area contributed by atoms with Gasteiger partial charge in [0.05, 0.1) is 33.3 Å². The van der Waals surface area contributed by atoms with E-state index in [1.807, 2.05) is 6.92 Å². The molecule has 2 amide bonds. The Hall–Kier alpha value is -2.67. The minimum Gasteiger partial charge on any atom is -0.387 e. The van der Waals surface area contributed by atoms with Gasteiger partial charge in [0.15, 0.2) is 27.3 Å². The first-order chi connectivity index (χ1) is 19.3. The molecule has 3 N–H and O–H groups in total. The zero-order chi connectivity index (χ0) is 29.7. The van der Waals surface area contributed by atoms with E-state index in [9.17, 15) is 36.3 Å². The first kappa shape index (κ1) is 29.8. The number of nitrogens with one attached hydrogen (secondary N) is 2. The predicted molar refractivity (Wildman–Crippen MR) is 144 cm³/mol. The third kappa shape index (κ3) is 5.59. The summed E-state index contributed by atoms with van der Waals surface area (Å²) in [6.07, 6.45) is 1.49. The molecule has 1 aliphatic heterocycles. The van der Waals surface area contributed by atoms with Crippen LogP contribution in [0.5, 0.6) is 0 Å². The molecule has 2 aromatic carbocycles. The summed E-state index contributed by atoms with van der Waals surface area (Å²) in [6, 6.07) is 4.81. The highest BCUT2D eigenvalue weighted by atomic mass is 35.5. The molecule has 5 rings (SSSR count). The molecule has 0 spiro atoms. The van der Waals surface area contributed by atoms with E-state index >= 15 is 0 Å². The van der Waals surface area contributed by atoms with Crippen molar-refractivity contribution in [1.29, 1.82) is 0 Å². The van der Waals surface area contributed by atoms with Crippen molar-refractivity contribution in [3.8, 4) is 0 Å². The fraction of sp³-hybridized carbons (Fsp3) is 0.500. The quantitative estimate of drug-likeness (QED) is 0.404. The molecule has 0 aromatic heterocycles. The number of fused-ring (bicyclic) bond motifs is 2. The third-order valence-corrected chi connectivity index (χ3v) is 11.4. The second-order valence-corrected chi connectivity index (χ2v) is 13.9. The van der Waals surface area contributed by atoms with E-state index in [0.29, 0.717) is 38.2 Å². The van der Waals surface area contributed by atoms with Gasteiger partial charge in [0.2, 0.25) is 5.91 Å². The number of halogens is 4. The van der Waals surface area contributed by atoms with Crippen molar-refractivity contribution in [3.05, 3.63) is 58.4 Å². The zero-order valence-corrected chi connectivity index (χ0v) is 23.7. The number of sulfone groups is 1. The van der Waals surface area contributed by atoms with Crippen LogP contribution in [-0.2, 0) is 19.4 Å². The average molecular weight is 615 g/mol. The molecule has 2 bridgehead atoms. The van der Waals surface area contributed by atoms with Gasteiger partial charge < -0.3 is 20.5 Å². The van der Waals surface area contributed by atoms with E-state index in [2.05, 4.69) is 10.6 Å². The lowest BCUT2D eigenvalue weighted by Gasteiger charge is -2.43. The number of hydrogen-bond donors (Lipinski definition) is 3. The van der Waals surface area contributed by atoms with E-state index in [4.69, 9.17) is 16.3 Å². The van der Waals surface area contributed by atoms with Crippen LogP contribution in [0.4, 0.5) is 18.9 Å². The number of hydrogen-bond acceptors (Lipinski definition) is 6. The van der Waals surface area contributed by atoms with Crippen LogP contribution in [-0.4, -0.2) is 55.9 Å². The van der Waals surface area contributed by atoms with Gasteiger partial charge in [-0.25, -0.2) is 21.6 Å². The van der Waals surface area contributed by atoms with E-state index in [0.717, 1.165) is 6.07 Å². The zero-order valence-electron chi connectivity index (χ0n) is 22.1. The number of benzene rings is 2. The highest BCUT2D eigenvalue weighted by Gasteiger charge is 2.58. The van der Waals surface area contributed by atoms with Crippen molar-refractivity contribution < 1.29 is 41.0 Å². The van der Waals surface area contributed by atoms with Gasteiger partial charge in [-0.2, -0.15) is 0 Å². The molecular weight excluding hydrogens is 585 g/mol. The minimum absolute atomic E-state index is 0.0148. The number of aliphatic hydroxyl groups is 1. The fourth-order valence-corrected chi connectivity index (χ4v) is 8.94. The summed E-state index contributed by atoms with van der Waals surface area (Å²) in [5.74, 6) is -6.76. The summed E-state index contributed by atoms with van der Waals surface area (Å²) in [4.78, 5) is 25.1. The maximum absolute atomic E-state index is 13.8. The lowest BCUT2D eigenvalue weighted by atomic mass is 9.73. The SMILES string of the molecule is C[C@H]1CC2C[C@@H](S(=O)(=O)c3cc(C(=O)Nc4cc(F)c(F)c(F)c4)ccc3Cl)CC1[C@@]2(O)CNC(=O)C1CCOC1. The Balaban J connectivity index is 1.33. The Labute approximate surface area is 240 Å². The monoisotopic (exact) mass is 614 g/mol. The average Bonchev–Trinajstić information content (AvgIpc) is 3.48. The highest BCUT2D eigenvalue weighted by molar-refractivity contribution is 7.92. The van der Waals surface area contributed by atoms with Gasteiger partial charge in [-0.15, -0.1) is 0 Å². The molecule has 222 valence electrons. The molecule has 0 radical (unpaired) electrons. The van der Waals surface area contributed by atoms with Gasteiger partial charge in [0, 0.05) is 36.5 Å². The van der Waals surface area contributed by atoms with Gasteiger partial charge in [0.25, 0.3) is 5.91 Å². The van der Waals surface area contributed by atoms with Crippen molar-refractivity contribution in [1.82, 2.24) is 5.32 Å². The van der Waals surface area contributed by atoms with Crippen molar-refractivity contribution >= 4 is 38.9 Å². The van der Waals surface area contributed by atoms with Gasteiger partial charge in [0.1, 0.15) is 0 Å². The first-order valence-corrected chi connectivity index (χ1v) is 15.3. The van der Waals surface area contributed by atoms with Gasteiger partial charge in [-0.3, -0.25) is 9.59 Å². The van der Waals surface area contributed by atoms with E-state index in [-0.39, 0.29) is 64.2 Å². The molecule has 1 heterocycles. The number of carbonyl (C=O) groups is 2. The summed E-state index contributed by atoms with van der Waals surface area (Å²) < 4.78 is 73.3. The predicted octanol–water partition coefficient (Wildman–Crippen LogP) is 4.10. The van der Waals surface area contributed by atoms with Crippen LogP contribution in [0.25, 0.3) is 0 Å². The molecule has 41 heavy (non-hydrogen) atoms. The molecule has 1 saturated heterocycles. The first-order valence-electron chi connectivity index (χ1n) is 13.4. The molecule has 3 aliphatic rings. The maximum atomic E-state index is 13.8. The normalized spacial score (nSPS) is 29.4. The smallest absolute Gasteiger partial charge is 0.255 e. The van der Waals surface area contributed by atoms with Crippen molar-refractivity contribution in [2.45, 2.75) is 48.4 Å². The van der Waals surface area contributed by atoms with Crippen LogP contribution < -0.4 is 10.6 Å². The lowest BCUT2D eigenvalue weighted by molar-refractivity contribution is -0.128. The lowest BCUT2D eigenvalue weighted by Crippen LogP contribution is -2.55. The highest BCUT2D eigenvalue weighted by Crippen LogP contribution is 2.54. The number of amides is 2. The molecule has 3 unspecified atom stereocenters. The second kappa shape index (κ2) is 11.2. The summed E-state index contributed by atoms with van der Waals surface area (Å²) in [7, 11) is -4.08. The van der Waals surface area contributed by atoms with Crippen molar-refractivity contribution in [2.75, 3.05) is 25.1 Å². The number of rotatable bonds is 7. The number of ether oxygens (including phenoxy) is 1. The Morgan fingerprint density at radius 1 is 1.12 bits per heavy atom. The molecule has 2 aromatic rings. The van der Waals surface area contributed by atoms with Crippen molar-refractivity contribution in [2.24, 2.45) is 23.7 Å². The van der Waals surface area contributed by atoms with Gasteiger partial charge in [-0.1, -0.05) is 18.5 Å². The molecule has 2 aliphatic carbocycles. The van der Waals surface area contributed by atoms with E-state index in [1.54, 1.807) is 0 Å². The van der Waals surface area contributed by atoms with Gasteiger partial charge >= 0.3 is 0 Å². The van der Waals surface area contributed by atoms with E-state index < -0.39 is 50.0 Å². The number of anilines is 1. The molecule has 13 heteroatoms. The maximum Gasteiger partial charge on any atom is 0.255 e. The van der Waals surface area contributed by atoms with Crippen LogP contribution in [0, 0.1) is 41.1 Å². The summed E-state index contributed by atoms with van der Waals surface area (Å²) in [5, 5.41) is 15.7. The van der Waals surface area contributed by atoms with Crippen LogP contribution in [0.2, 0.25) is 5.02 Å². The molecule has 8 nitrogen and oxygen atoms in total. The standard InChI is InChI=1S/C28H30ClF3N2O6S/c1-14-6-17-8-19(11-20(14)28(17,37)13-33-26(35)16-4-5-40-12-16)41(38,39)24-7-15(2-3-21(24)29)27(36)34-18-9-22(30)25(32)23(31)10-18/h2-3,7,9-10,14,16-17,19-20,37H,4-6,8,11-13H2,1H3,(H,33,35)(H,34,36)/t14-,16?,17?,19+,20?,28+/m0/s1. The third-order valence-electron chi connectivity index (χ3n) is 8.78. The molecule has 2 saturated carbocycles. The summed E-state index contributed by atoms with van der Waals surface area (Å²) >= 11 is 6.28. The Bertz CT molecular complexity index is 1460. The summed E-state index contributed by atoms with van der Waals surface area (Å²) in [5.41, 5.74) is -1.75. The molecule has 3 fully saturated rings. The Morgan fingerprint density at radius 2 is 1.83 bits per heavy atom. The van der Waals surface area contributed by atoms with Crippen LogP contribution in [0.3, 0.4) is 0 Å².